The molecule has 0 aliphatic heterocycles. The van der Waals surface area contributed by atoms with Crippen LogP contribution in [0.15, 0.2) is 36.5 Å². The molecule has 0 bridgehead atoms. The first kappa shape index (κ1) is 20.4. The van der Waals surface area contributed by atoms with E-state index in [-0.39, 0.29) is 22.8 Å². The van der Waals surface area contributed by atoms with Crippen molar-refractivity contribution >= 4 is 5.91 Å². The molecule has 0 saturated heterocycles. The van der Waals surface area contributed by atoms with Crippen LogP contribution >= 0.6 is 0 Å². The molecule has 0 radical (unpaired) electrons. The zero-order valence-corrected chi connectivity index (χ0v) is 17.9. The van der Waals surface area contributed by atoms with Gasteiger partial charge in [-0.25, -0.2) is 0 Å². The molecule has 1 aromatic carbocycles. The third-order valence-corrected chi connectivity index (χ3v) is 5.28. The Morgan fingerprint density at radius 2 is 1.64 bits per heavy atom. The van der Waals surface area contributed by atoms with Crippen molar-refractivity contribution in [1.29, 1.82) is 0 Å². The third-order valence-electron chi connectivity index (χ3n) is 5.28. The molecule has 1 aliphatic carbocycles. The zero-order chi connectivity index (χ0) is 20.7. The van der Waals surface area contributed by atoms with Crippen LogP contribution in [0.3, 0.4) is 0 Å². The van der Waals surface area contributed by atoms with Crippen LogP contribution in [0.4, 0.5) is 0 Å². The molecule has 4 heteroatoms. The largest absolute Gasteiger partial charge is 0.507 e. The number of phenols is 1. The Morgan fingerprint density at radius 3 is 2.07 bits per heavy atom. The quantitative estimate of drug-likeness (QED) is 0.794. The molecular weight excluding hydrogens is 348 g/mol. The lowest BCUT2D eigenvalue weighted by molar-refractivity contribution is 0.0727. The van der Waals surface area contributed by atoms with E-state index in [1.54, 1.807) is 6.20 Å². The summed E-state index contributed by atoms with van der Waals surface area (Å²) in [5.74, 6) is 0.323. The van der Waals surface area contributed by atoms with Gasteiger partial charge in [0.25, 0.3) is 5.91 Å². The first-order valence-corrected chi connectivity index (χ1v) is 10.1. The minimum Gasteiger partial charge on any atom is -0.507 e. The van der Waals surface area contributed by atoms with E-state index in [1.807, 2.05) is 35.2 Å². The molecule has 150 valence electrons. The van der Waals surface area contributed by atoms with Crippen LogP contribution in [0.1, 0.15) is 81.6 Å². The highest BCUT2D eigenvalue weighted by Crippen LogP contribution is 2.40. The predicted octanol–water partition coefficient (Wildman–Crippen LogP) is 5.19. The van der Waals surface area contributed by atoms with Crippen LogP contribution < -0.4 is 0 Å². The van der Waals surface area contributed by atoms with E-state index in [2.05, 4.69) is 46.5 Å². The summed E-state index contributed by atoms with van der Waals surface area (Å²) in [4.78, 5) is 19.9. The molecule has 1 aromatic heterocycles. The molecule has 0 unspecified atom stereocenters. The lowest BCUT2D eigenvalue weighted by Gasteiger charge is -2.29. The number of rotatable bonds is 4. The number of hydrogen-bond donors (Lipinski definition) is 1. The van der Waals surface area contributed by atoms with Crippen molar-refractivity contribution in [2.75, 3.05) is 0 Å². The first-order chi connectivity index (χ1) is 13.0. The van der Waals surface area contributed by atoms with Gasteiger partial charge in [0.2, 0.25) is 0 Å². The molecule has 1 saturated carbocycles. The smallest absolute Gasteiger partial charge is 0.254 e. The maximum Gasteiger partial charge on any atom is 0.254 e. The van der Waals surface area contributed by atoms with Gasteiger partial charge in [0.1, 0.15) is 5.75 Å². The van der Waals surface area contributed by atoms with Crippen molar-refractivity contribution in [3.05, 3.63) is 58.9 Å². The van der Waals surface area contributed by atoms with Crippen LogP contribution in [-0.2, 0) is 17.4 Å². The second-order valence-electron chi connectivity index (χ2n) is 9.91. The van der Waals surface area contributed by atoms with Crippen molar-refractivity contribution in [3.8, 4) is 5.75 Å². The van der Waals surface area contributed by atoms with E-state index >= 15 is 0 Å². The third kappa shape index (κ3) is 4.37. The van der Waals surface area contributed by atoms with Gasteiger partial charge in [-0.2, -0.15) is 0 Å². The van der Waals surface area contributed by atoms with Crippen molar-refractivity contribution < 1.29 is 9.90 Å². The molecule has 3 rings (SSSR count). The lowest BCUT2D eigenvalue weighted by atomic mass is 9.78. The number of aromatic nitrogens is 1. The van der Waals surface area contributed by atoms with E-state index in [1.165, 1.54) is 0 Å². The van der Waals surface area contributed by atoms with E-state index in [0.29, 0.717) is 17.9 Å². The van der Waals surface area contributed by atoms with Gasteiger partial charge in [0, 0.05) is 28.9 Å². The summed E-state index contributed by atoms with van der Waals surface area (Å²) in [5.41, 5.74) is 2.66. The molecule has 1 fully saturated rings. The normalized spacial score (nSPS) is 14.8. The molecule has 1 amide bonds. The molecule has 28 heavy (non-hydrogen) atoms. The second-order valence-corrected chi connectivity index (χ2v) is 9.91. The summed E-state index contributed by atoms with van der Waals surface area (Å²) in [6.07, 6.45) is 3.84. The van der Waals surface area contributed by atoms with Crippen molar-refractivity contribution in [3.63, 3.8) is 0 Å². The van der Waals surface area contributed by atoms with Gasteiger partial charge in [-0.05, 0) is 47.9 Å². The maximum atomic E-state index is 13.5. The predicted molar refractivity (Wildman–Crippen MR) is 113 cm³/mol. The fourth-order valence-corrected chi connectivity index (χ4v) is 3.49. The van der Waals surface area contributed by atoms with Crippen molar-refractivity contribution in [1.82, 2.24) is 9.88 Å². The van der Waals surface area contributed by atoms with Gasteiger partial charge in [-0.15, -0.1) is 0 Å². The molecule has 0 spiro atoms. The number of aromatic hydroxyl groups is 1. The van der Waals surface area contributed by atoms with E-state index in [4.69, 9.17) is 0 Å². The maximum absolute atomic E-state index is 13.5. The van der Waals surface area contributed by atoms with Crippen molar-refractivity contribution in [2.24, 2.45) is 0 Å². The number of pyridine rings is 1. The molecule has 2 aromatic rings. The van der Waals surface area contributed by atoms with E-state index in [0.717, 1.165) is 29.7 Å². The number of hydrogen-bond acceptors (Lipinski definition) is 3. The number of nitrogens with zero attached hydrogens (tertiary/aromatic N) is 2. The Hall–Kier alpha value is -2.36. The van der Waals surface area contributed by atoms with Gasteiger partial charge in [-0.3, -0.25) is 9.78 Å². The topological polar surface area (TPSA) is 53.4 Å². The average molecular weight is 381 g/mol. The molecule has 1 aliphatic rings. The fourth-order valence-electron chi connectivity index (χ4n) is 3.49. The lowest BCUT2D eigenvalue weighted by Crippen LogP contribution is -2.33. The Balaban J connectivity index is 2.04. The number of phenolic OH excluding ortho intramolecular Hbond substituents is 1. The van der Waals surface area contributed by atoms with E-state index < -0.39 is 0 Å². The highest BCUT2D eigenvalue weighted by Gasteiger charge is 2.35. The Kier molecular flexibility index (Phi) is 5.26. The monoisotopic (exact) mass is 380 g/mol. The highest BCUT2D eigenvalue weighted by atomic mass is 16.3. The molecule has 4 nitrogen and oxygen atoms in total. The summed E-state index contributed by atoms with van der Waals surface area (Å²) in [5, 5.41) is 10.9. The van der Waals surface area contributed by atoms with Gasteiger partial charge < -0.3 is 10.0 Å². The summed E-state index contributed by atoms with van der Waals surface area (Å²) in [6.45, 7) is 12.9. The van der Waals surface area contributed by atoms with Crippen molar-refractivity contribution in [2.45, 2.75) is 77.8 Å². The van der Waals surface area contributed by atoms with Gasteiger partial charge in [0.05, 0.1) is 12.2 Å². The minimum atomic E-state index is -0.258. The molecule has 0 atom stereocenters. The number of carbonyl (C=O) groups excluding carboxylic acids is 1. The average Bonchev–Trinajstić information content (AvgIpc) is 3.43. The van der Waals surface area contributed by atoms with Gasteiger partial charge >= 0.3 is 0 Å². The Labute approximate surface area is 168 Å². The zero-order valence-electron chi connectivity index (χ0n) is 17.9. The molecular formula is C24H32N2O2. The first-order valence-electron chi connectivity index (χ1n) is 10.1. The Morgan fingerprint density at radius 1 is 1.07 bits per heavy atom. The summed E-state index contributed by atoms with van der Waals surface area (Å²) >= 11 is 0. The highest BCUT2D eigenvalue weighted by molar-refractivity contribution is 5.95. The SMILES string of the molecule is CC(C)(C)c1cc(C(=O)N(Cc2ccccn2)C2CC2)cc(C(C)(C)C)c1O. The van der Waals surface area contributed by atoms with Crippen LogP contribution in [0, 0.1) is 0 Å². The number of amides is 1. The Bertz CT molecular complexity index is 821. The summed E-state index contributed by atoms with van der Waals surface area (Å²) in [6, 6.07) is 9.83. The van der Waals surface area contributed by atoms with Crippen LogP contribution in [-0.4, -0.2) is 26.9 Å². The number of benzene rings is 1. The van der Waals surface area contributed by atoms with Crippen LogP contribution in [0.5, 0.6) is 5.75 Å². The molecule has 1 heterocycles. The van der Waals surface area contributed by atoms with Gasteiger partial charge in [-0.1, -0.05) is 47.6 Å². The summed E-state index contributed by atoms with van der Waals surface area (Å²) in [7, 11) is 0. The number of carbonyl (C=O) groups is 1. The second kappa shape index (κ2) is 7.23. The summed E-state index contributed by atoms with van der Waals surface area (Å²) < 4.78 is 0. The fraction of sp³-hybridized carbons (Fsp3) is 0.500. The minimum absolute atomic E-state index is 0.0177. The van der Waals surface area contributed by atoms with Crippen LogP contribution in [0.2, 0.25) is 0 Å². The standard InChI is InChI=1S/C24H32N2O2/c1-23(2,3)19-13-16(14-20(21(19)27)24(4,5)6)22(28)26(18-10-11-18)15-17-9-7-8-12-25-17/h7-9,12-14,18,27H,10-11,15H2,1-6H3. The van der Waals surface area contributed by atoms with E-state index in [9.17, 15) is 9.90 Å². The molecule has 1 N–H and O–H groups in total. The van der Waals surface area contributed by atoms with Crippen LogP contribution in [0.25, 0.3) is 0 Å². The van der Waals surface area contributed by atoms with Gasteiger partial charge in [0.15, 0.2) is 0 Å².